The quantitative estimate of drug-likeness (QED) is 0.155. The molecule has 0 amide bonds. The summed E-state index contributed by atoms with van der Waals surface area (Å²) in [4.78, 5) is 37.4. The summed E-state index contributed by atoms with van der Waals surface area (Å²) in [5.74, 6) is -2.10. The zero-order chi connectivity index (χ0) is 23.2. The van der Waals surface area contributed by atoms with E-state index in [1.54, 1.807) is 36.4 Å². The fourth-order valence-corrected chi connectivity index (χ4v) is 4.48. The van der Waals surface area contributed by atoms with E-state index in [4.69, 9.17) is 39.5 Å². The monoisotopic (exact) mass is 549 g/mol. The van der Waals surface area contributed by atoms with Crippen molar-refractivity contribution in [3.05, 3.63) is 79.8 Å². The summed E-state index contributed by atoms with van der Waals surface area (Å²) in [5, 5.41) is 11.5. The van der Waals surface area contributed by atoms with Crippen LogP contribution in [-0.4, -0.2) is 34.6 Å². The first kappa shape index (κ1) is 25.6. The van der Waals surface area contributed by atoms with E-state index in [-0.39, 0.29) is 6.42 Å². The second-order valence-electron chi connectivity index (χ2n) is 6.79. The van der Waals surface area contributed by atoms with Gasteiger partial charge >= 0.3 is 5.97 Å². The number of ketones is 1. The molecule has 0 fully saturated rings. The van der Waals surface area contributed by atoms with Crippen LogP contribution in [0.1, 0.15) is 33.8 Å². The number of ether oxygens (including phenoxy) is 1. The van der Waals surface area contributed by atoms with E-state index in [1.165, 1.54) is 7.11 Å². The van der Waals surface area contributed by atoms with Gasteiger partial charge in [0.2, 0.25) is 6.54 Å². The minimum absolute atomic E-state index is 0.162. The van der Waals surface area contributed by atoms with Crippen molar-refractivity contribution >= 4 is 62.5 Å². The molecule has 0 saturated carbocycles. The largest absolute Gasteiger partial charge is 0.468 e. The lowest BCUT2D eigenvalue weighted by atomic mass is 9.61. The number of rotatable bonds is 5. The van der Waals surface area contributed by atoms with E-state index < -0.39 is 38.8 Å². The average molecular weight is 552 g/mol. The molecule has 0 aliphatic heterocycles. The Morgan fingerprint density at radius 2 is 1.77 bits per heavy atom. The molecule has 0 spiro atoms. The molecule has 0 N–H and O–H groups in total. The first-order chi connectivity index (χ1) is 14.6. The number of aryl methyl sites for hydroxylation is 1. The first-order valence-electron chi connectivity index (χ1n) is 9.14. The Balaban J connectivity index is 0.000000785. The maximum atomic E-state index is 13.5. The number of hydrogen-bond donors (Lipinski definition) is 0. The average Bonchev–Trinajstić information content (AvgIpc) is 2.72. The van der Waals surface area contributed by atoms with Crippen molar-refractivity contribution < 1.29 is 19.2 Å². The van der Waals surface area contributed by atoms with Crippen molar-refractivity contribution in [1.82, 2.24) is 0 Å². The number of benzene rings is 2. The fraction of sp³-hybridized carbons (Fsp3) is 0.333. The van der Waals surface area contributed by atoms with Crippen molar-refractivity contribution in [1.29, 1.82) is 0 Å². The Kier molecular flexibility index (Phi) is 9.30. The molecule has 0 radical (unpaired) electrons. The normalized spacial score (nSPS) is 18.5. The third-order valence-corrected chi connectivity index (χ3v) is 5.93. The van der Waals surface area contributed by atoms with Crippen LogP contribution in [0.15, 0.2) is 53.0 Å². The molecule has 2 aromatic rings. The summed E-state index contributed by atoms with van der Waals surface area (Å²) in [5.41, 5.74) is 0.177. The highest BCUT2D eigenvalue weighted by molar-refractivity contribution is 9.10. The lowest BCUT2D eigenvalue weighted by molar-refractivity contribution is -0.485. The van der Waals surface area contributed by atoms with Crippen LogP contribution in [-0.2, 0) is 16.0 Å². The molecule has 0 aromatic heterocycles. The maximum Gasteiger partial charge on any atom is 0.320 e. The number of hydrogen-bond acceptors (Lipinski definition) is 5. The van der Waals surface area contributed by atoms with Gasteiger partial charge in [0.25, 0.3) is 0 Å². The molecule has 166 valence electrons. The van der Waals surface area contributed by atoms with E-state index >= 15 is 0 Å². The van der Waals surface area contributed by atoms with Crippen LogP contribution < -0.4 is 0 Å². The fourth-order valence-electron chi connectivity index (χ4n) is 3.92. The van der Waals surface area contributed by atoms with E-state index in [1.807, 2.05) is 12.1 Å². The molecular weight excluding hydrogens is 532 g/mol. The molecule has 6 nitrogen and oxygen atoms in total. The number of Topliss-reactive ketones (excluding diaryl/α,β-unsaturated/α-hetero) is 1. The summed E-state index contributed by atoms with van der Waals surface area (Å²) in [6, 6.07) is 14.0. The molecule has 1 aliphatic carbocycles. The number of methoxy groups -OCH3 is 1. The second kappa shape index (κ2) is 11.3. The Bertz CT molecular complexity index is 969. The topological polar surface area (TPSA) is 86.5 Å². The van der Waals surface area contributed by atoms with Gasteiger partial charge in [0.1, 0.15) is 5.41 Å². The van der Waals surface area contributed by atoms with E-state index in [2.05, 4.69) is 15.9 Å². The van der Waals surface area contributed by atoms with Gasteiger partial charge in [-0.15, -0.1) is 0 Å². The predicted octanol–water partition coefficient (Wildman–Crippen LogP) is 5.78. The van der Waals surface area contributed by atoms with Crippen LogP contribution in [0.3, 0.4) is 0 Å². The predicted molar refractivity (Wildman–Crippen MR) is 124 cm³/mol. The number of carbonyl (C=O) groups is 2. The first-order valence-corrected chi connectivity index (χ1v) is 11.2. The summed E-state index contributed by atoms with van der Waals surface area (Å²) in [7, 11) is 1.21. The van der Waals surface area contributed by atoms with Crippen LogP contribution in [0.2, 0.25) is 0 Å². The molecule has 1 aliphatic rings. The molecule has 3 rings (SSSR count). The molecular formula is C21H19BrCl3NO5. The van der Waals surface area contributed by atoms with Crippen molar-refractivity contribution in [2.24, 2.45) is 5.41 Å². The Morgan fingerprint density at radius 1 is 1.19 bits per heavy atom. The minimum atomic E-state index is -1.64. The third-order valence-electron chi connectivity index (χ3n) is 5.21. The molecule has 0 saturated heterocycles. The highest BCUT2D eigenvalue weighted by Crippen LogP contribution is 2.48. The van der Waals surface area contributed by atoms with Gasteiger partial charge in [0.15, 0.2) is 10.1 Å². The molecule has 2 aromatic carbocycles. The van der Waals surface area contributed by atoms with Crippen molar-refractivity contribution in [3.8, 4) is 0 Å². The van der Waals surface area contributed by atoms with E-state index in [9.17, 15) is 19.7 Å². The number of fused-ring (bicyclic) bond motifs is 1. The number of halogens is 4. The van der Waals surface area contributed by atoms with E-state index in [0.29, 0.717) is 22.0 Å². The third kappa shape index (κ3) is 5.77. The number of nitro groups is 1. The molecule has 2 atom stereocenters. The standard InChI is InChI=1S/C20H18BrNO5.CHCl3/c1-27-19(24)20(11-10-13-6-2-3-7-14(13)18(20)23)16(12-22(25)26)15-8-4-5-9-17(15)21;2-1(3)4/h2-9,16H,10-12H2,1H3;1H/t16-,20+;/m0./s1. The smallest absolute Gasteiger partial charge is 0.320 e. The summed E-state index contributed by atoms with van der Waals surface area (Å²) in [6.45, 7) is -0.550. The van der Waals surface area contributed by atoms with E-state index in [0.717, 1.165) is 5.56 Å². The lowest BCUT2D eigenvalue weighted by Crippen LogP contribution is -2.50. The highest BCUT2D eigenvalue weighted by Gasteiger charge is 2.57. The lowest BCUT2D eigenvalue weighted by Gasteiger charge is -2.39. The molecule has 31 heavy (non-hydrogen) atoms. The Morgan fingerprint density at radius 3 is 2.35 bits per heavy atom. The summed E-state index contributed by atoms with van der Waals surface area (Å²) in [6.07, 6.45) is 0.630. The summed E-state index contributed by atoms with van der Waals surface area (Å²) >= 11 is 17.8. The van der Waals surface area contributed by atoms with Gasteiger partial charge in [-0.25, -0.2) is 0 Å². The van der Waals surface area contributed by atoms with Crippen molar-refractivity contribution in [3.63, 3.8) is 0 Å². The molecule has 10 heteroatoms. The van der Waals surface area contributed by atoms with Gasteiger partial charge in [0.05, 0.1) is 13.0 Å². The van der Waals surface area contributed by atoms with Gasteiger partial charge in [-0.05, 0) is 30.0 Å². The second-order valence-corrected chi connectivity index (χ2v) is 9.62. The van der Waals surface area contributed by atoms with Crippen LogP contribution in [0.4, 0.5) is 0 Å². The van der Waals surface area contributed by atoms with Gasteiger partial charge in [-0.3, -0.25) is 19.7 Å². The number of nitrogens with zero attached hydrogens (tertiary/aromatic N) is 1. The SMILES string of the molecule is COC(=O)[C@@]1([C@@H](C[N+](=O)[O-])c2ccccc2Br)CCc2ccccc2C1=O.ClC(Cl)Cl. The molecule has 0 bridgehead atoms. The number of alkyl halides is 3. The van der Waals surface area contributed by atoms with Crippen LogP contribution in [0.25, 0.3) is 0 Å². The zero-order valence-corrected chi connectivity index (χ0v) is 20.2. The van der Waals surface area contributed by atoms with Gasteiger partial charge < -0.3 is 4.74 Å². The van der Waals surface area contributed by atoms with Crippen LogP contribution in [0, 0.1) is 15.5 Å². The van der Waals surface area contributed by atoms with Gasteiger partial charge in [-0.1, -0.05) is 93.2 Å². The number of esters is 1. The van der Waals surface area contributed by atoms with Gasteiger partial charge in [-0.2, -0.15) is 0 Å². The van der Waals surface area contributed by atoms with Crippen molar-refractivity contribution in [2.45, 2.75) is 23.1 Å². The minimum Gasteiger partial charge on any atom is -0.468 e. The van der Waals surface area contributed by atoms with Crippen molar-refractivity contribution in [2.75, 3.05) is 13.7 Å². The Hall–Kier alpha value is -1.67. The highest BCUT2D eigenvalue weighted by atomic mass is 79.9. The molecule has 0 unspecified atom stereocenters. The number of carbonyl (C=O) groups excluding carboxylic acids is 2. The maximum absolute atomic E-state index is 13.5. The van der Waals surface area contributed by atoms with Crippen LogP contribution >= 0.6 is 50.7 Å². The van der Waals surface area contributed by atoms with Gasteiger partial charge in [0, 0.05) is 15.0 Å². The van der Waals surface area contributed by atoms with Crippen LogP contribution in [0.5, 0.6) is 0 Å². The zero-order valence-electron chi connectivity index (χ0n) is 16.4. The summed E-state index contributed by atoms with van der Waals surface area (Å²) < 4.78 is 4.87. The molecule has 0 heterocycles. The Labute approximate surface area is 203 Å².